The predicted molar refractivity (Wildman–Crippen MR) is 69.2 cm³/mol. The SMILES string of the molecule is C#CCC(N)C(=O)N(Cc1ccncc1)C1CC1. The van der Waals surface area contributed by atoms with E-state index in [-0.39, 0.29) is 5.91 Å². The average Bonchev–Trinajstić information content (AvgIpc) is 3.21. The Morgan fingerprint density at radius 2 is 2.22 bits per heavy atom. The number of hydrogen-bond donors (Lipinski definition) is 1. The summed E-state index contributed by atoms with van der Waals surface area (Å²) in [6, 6.07) is 3.57. The van der Waals surface area contributed by atoms with E-state index in [2.05, 4.69) is 10.9 Å². The van der Waals surface area contributed by atoms with Crippen molar-refractivity contribution >= 4 is 5.91 Å². The first-order valence-electron chi connectivity index (χ1n) is 6.11. The highest BCUT2D eigenvalue weighted by atomic mass is 16.2. The Hall–Kier alpha value is -1.86. The Morgan fingerprint density at radius 1 is 1.56 bits per heavy atom. The number of terminal acetylenes is 1. The van der Waals surface area contributed by atoms with Crippen LogP contribution in [-0.4, -0.2) is 27.9 Å². The van der Waals surface area contributed by atoms with Crippen molar-refractivity contribution < 1.29 is 4.79 Å². The van der Waals surface area contributed by atoms with Crippen LogP contribution in [0.15, 0.2) is 24.5 Å². The van der Waals surface area contributed by atoms with Crippen LogP contribution >= 0.6 is 0 Å². The molecule has 4 heteroatoms. The molecule has 0 aromatic carbocycles. The van der Waals surface area contributed by atoms with Gasteiger partial charge in [-0.3, -0.25) is 9.78 Å². The summed E-state index contributed by atoms with van der Waals surface area (Å²) in [6.07, 6.45) is 11.1. The lowest BCUT2D eigenvalue weighted by atomic mass is 10.1. The van der Waals surface area contributed by atoms with Gasteiger partial charge in [-0.1, -0.05) is 0 Å². The molecule has 0 radical (unpaired) electrons. The maximum atomic E-state index is 12.2. The van der Waals surface area contributed by atoms with Crippen molar-refractivity contribution in [1.82, 2.24) is 9.88 Å². The van der Waals surface area contributed by atoms with Crippen LogP contribution < -0.4 is 5.73 Å². The van der Waals surface area contributed by atoms with Gasteiger partial charge in [0.1, 0.15) is 0 Å². The van der Waals surface area contributed by atoms with E-state index in [0.29, 0.717) is 19.0 Å². The largest absolute Gasteiger partial charge is 0.334 e. The summed E-state index contributed by atoms with van der Waals surface area (Å²) in [5.41, 5.74) is 6.87. The zero-order valence-corrected chi connectivity index (χ0v) is 10.2. The van der Waals surface area contributed by atoms with E-state index < -0.39 is 6.04 Å². The van der Waals surface area contributed by atoms with Crippen LogP contribution in [0.1, 0.15) is 24.8 Å². The standard InChI is InChI=1S/C14H17N3O/c1-2-3-13(15)14(18)17(12-4-5-12)10-11-6-8-16-9-7-11/h1,6-9,12-13H,3-5,10,15H2. The van der Waals surface area contributed by atoms with Gasteiger partial charge in [0.15, 0.2) is 0 Å². The summed E-state index contributed by atoms with van der Waals surface area (Å²) in [6.45, 7) is 0.588. The molecule has 1 aromatic rings. The van der Waals surface area contributed by atoms with Gasteiger partial charge in [0.05, 0.1) is 6.04 Å². The van der Waals surface area contributed by atoms with Crippen molar-refractivity contribution in [2.75, 3.05) is 0 Å². The number of pyridine rings is 1. The van der Waals surface area contributed by atoms with E-state index in [4.69, 9.17) is 12.2 Å². The quantitative estimate of drug-likeness (QED) is 0.782. The lowest BCUT2D eigenvalue weighted by molar-refractivity contribution is -0.133. The van der Waals surface area contributed by atoms with Gasteiger partial charge in [0.2, 0.25) is 5.91 Å². The third-order valence-corrected chi connectivity index (χ3v) is 3.03. The van der Waals surface area contributed by atoms with Gasteiger partial charge in [-0.2, -0.15) is 0 Å². The van der Waals surface area contributed by atoms with Crippen molar-refractivity contribution in [2.45, 2.75) is 37.9 Å². The smallest absolute Gasteiger partial charge is 0.241 e. The summed E-state index contributed by atoms with van der Waals surface area (Å²) in [7, 11) is 0. The van der Waals surface area contributed by atoms with Crippen molar-refractivity contribution in [1.29, 1.82) is 0 Å². The molecule has 1 atom stereocenters. The maximum Gasteiger partial charge on any atom is 0.241 e. The van der Waals surface area contributed by atoms with Crippen LogP contribution in [-0.2, 0) is 11.3 Å². The fourth-order valence-corrected chi connectivity index (χ4v) is 1.89. The molecule has 1 amide bonds. The zero-order chi connectivity index (χ0) is 13.0. The predicted octanol–water partition coefficient (Wildman–Crippen LogP) is 0.923. The number of rotatable bonds is 5. The number of hydrogen-bond acceptors (Lipinski definition) is 3. The minimum atomic E-state index is -0.586. The molecule has 94 valence electrons. The van der Waals surface area contributed by atoms with Crippen LogP contribution in [0.3, 0.4) is 0 Å². The summed E-state index contributed by atoms with van der Waals surface area (Å²) >= 11 is 0. The van der Waals surface area contributed by atoms with Crippen LogP contribution in [0.25, 0.3) is 0 Å². The van der Waals surface area contributed by atoms with Crippen LogP contribution in [0.5, 0.6) is 0 Å². The van der Waals surface area contributed by atoms with Crippen LogP contribution in [0, 0.1) is 12.3 Å². The number of nitrogens with two attached hydrogens (primary N) is 1. The van der Waals surface area contributed by atoms with Gasteiger partial charge < -0.3 is 10.6 Å². The number of nitrogens with zero attached hydrogens (tertiary/aromatic N) is 2. The van der Waals surface area contributed by atoms with E-state index >= 15 is 0 Å². The molecule has 1 unspecified atom stereocenters. The topological polar surface area (TPSA) is 59.2 Å². The minimum Gasteiger partial charge on any atom is -0.334 e. The van der Waals surface area contributed by atoms with Crippen LogP contribution in [0.4, 0.5) is 0 Å². The second kappa shape index (κ2) is 5.65. The number of carbonyl (C=O) groups excluding carboxylic acids is 1. The van der Waals surface area contributed by atoms with Gasteiger partial charge >= 0.3 is 0 Å². The molecule has 1 aliphatic rings. The van der Waals surface area contributed by atoms with E-state index in [1.54, 1.807) is 12.4 Å². The number of amides is 1. The number of carbonyl (C=O) groups is 1. The molecule has 1 aliphatic carbocycles. The Bertz CT molecular complexity index is 448. The Kier molecular flexibility index (Phi) is 3.96. The lowest BCUT2D eigenvalue weighted by Gasteiger charge is -2.25. The molecular weight excluding hydrogens is 226 g/mol. The molecule has 1 fully saturated rings. The highest BCUT2D eigenvalue weighted by Gasteiger charge is 2.34. The summed E-state index contributed by atoms with van der Waals surface area (Å²) in [5.74, 6) is 2.40. The highest BCUT2D eigenvalue weighted by molar-refractivity contribution is 5.82. The molecule has 1 saturated carbocycles. The van der Waals surface area contributed by atoms with Gasteiger partial charge in [0.25, 0.3) is 0 Å². The minimum absolute atomic E-state index is 0.0488. The fourth-order valence-electron chi connectivity index (χ4n) is 1.89. The molecule has 2 rings (SSSR count). The highest BCUT2D eigenvalue weighted by Crippen LogP contribution is 2.28. The van der Waals surface area contributed by atoms with Crippen molar-refractivity contribution in [3.8, 4) is 12.3 Å². The first kappa shape index (κ1) is 12.6. The van der Waals surface area contributed by atoms with E-state index in [1.807, 2.05) is 17.0 Å². The van der Waals surface area contributed by atoms with Gasteiger partial charge in [-0.25, -0.2) is 0 Å². The van der Waals surface area contributed by atoms with E-state index in [0.717, 1.165) is 18.4 Å². The van der Waals surface area contributed by atoms with Gasteiger partial charge in [-0.15, -0.1) is 12.3 Å². The normalized spacial score (nSPS) is 15.8. The maximum absolute atomic E-state index is 12.2. The molecule has 1 heterocycles. The van der Waals surface area contributed by atoms with Gasteiger partial charge in [0, 0.05) is 31.4 Å². The molecule has 0 bridgehead atoms. The third-order valence-electron chi connectivity index (χ3n) is 3.03. The summed E-state index contributed by atoms with van der Waals surface area (Å²) < 4.78 is 0. The first-order chi connectivity index (χ1) is 8.72. The second-order valence-electron chi connectivity index (χ2n) is 4.57. The second-order valence-corrected chi connectivity index (χ2v) is 4.57. The summed E-state index contributed by atoms with van der Waals surface area (Å²) in [4.78, 5) is 18.0. The van der Waals surface area contributed by atoms with Crippen molar-refractivity contribution in [2.24, 2.45) is 5.73 Å². The van der Waals surface area contributed by atoms with Crippen molar-refractivity contribution in [3.63, 3.8) is 0 Å². The fraction of sp³-hybridized carbons (Fsp3) is 0.429. The van der Waals surface area contributed by atoms with Gasteiger partial charge in [-0.05, 0) is 30.5 Å². The molecular formula is C14H17N3O. The lowest BCUT2D eigenvalue weighted by Crippen LogP contribution is -2.44. The zero-order valence-electron chi connectivity index (χ0n) is 10.2. The molecule has 0 saturated heterocycles. The molecule has 2 N–H and O–H groups in total. The Labute approximate surface area is 107 Å². The Morgan fingerprint density at radius 3 is 2.78 bits per heavy atom. The molecule has 0 aliphatic heterocycles. The van der Waals surface area contributed by atoms with Crippen LogP contribution in [0.2, 0.25) is 0 Å². The monoisotopic (exact) mass is 243 g/mol. The first-order valence-corrected chi connectivity index (χ1v) is 6.11. The molecule has 0 spiro atoms. The molecule has 18 heavy (non-hydrogen) atoms. The third kappa shape index (κ3) is 3.08. The molecule has 1 aromatic heterocycles. The Balaban J connectivity index is 2.05. The summed E-state index contributed by atoms with van der Waals surface area (Å²) in [5, 5.41) is 0. The molecule has 4 nitrogen and oxygen atoms in total. The van der Waals surface area contributed by atoms with E-state index in [1.165, 1.54) is 0 Å². The number of aromatic nitrogens is 1. The van der Waals surface area contributed by atoms with Crippen molar-refractivity contribution in [3.05, 3.63) is 30.1 Å². The van der Waals surface area contributed by atoms with E-state index in [9.17, 15) is 4.79 Å². The average molecular weight is 243 g/mol.